The van der Waals surface area contributed by atoms with Crippen LogP contribution in [0.4, 0.5) is 0 Å². The lowest BCUT2D eigenvalue weighted by Gasteiger charge is -1.89. The molecule has 0 saturated heterocycles. The maximum atomic E-state index is 10.8. The van der Waals surface area contributed by atoms with Crippen molar-refractivity contribution < 1.29 is 4.79 Å². The molecule has 0 unspecified atom stereocenters. The van der Waals surface area contributed by atoms with Gasteiger partial charge in [0.2, 0.25) is 0 Å². The molecular weight excluding hydrogens is 166 g/mol. The smallest absolute Gasteiger partial charge is 0.270 e. The predicted molar refractivity (Wildman–Crippen MR) is 48.8 cm³/mol. The van der Waals surface area contributed by atoms with Gasteiger partial charge >= 0.3 is 0 Å². The largest absolute Gasteiger partial charge is 0.364 e. The van der Waals surface area contributed by atoms with Crippen LogP contribution in [0.25, 0.3) is 0 Å². The third kappa shape index (κ3) is 2.34. The second-order valence-electron chi connectivity index (χ2n) is 2.91. The van der Waals surface area contributed by atoms with Crippen molar-refractivity contribution >= 4 is 5.91 Å². The van der Waals surface area contributed by atoms with E-state index < -0.39 is 5.91 Å². The quantitative estimate of drug-likeness (QED) is 0.614. The van der Waals surface area contributed by atoms with E-state index in [0.29, 0.717) is 5.69 Å². The highest BCUT2D eigenvalue weighted by atomic mass is 16.1. The number of primary amides is 1. The van der Waals surface area contributed by atoms with Crippen LogP contribution in [0.15, 0.2) is 6.33 Å². The Hall–Kier alpha value is -1.76. The summed E-state index contributed by atoms with van der Waals surface area (Å²) in [4.78, 5) is 17.3. The van der Waals surface area contributed by atoms with Crippen molar-refractivity contribution in [2.45, 2.75) is 13.8 Å². The van der Waals surface area contributed by atoms with Gasteiger partial charge < -0.3 is 10.7 Å². The van der Waals surface area contributed by atoms with E-state index in [1.807, 2.05) is 13.8 Å². The summed E-state index contributed by atoms with van der Waals surface area (Å²) in [6.45, 7) is 3.93. The van der Waals surface area contributed by atoms with Gasteiger partial charge in [0.15, 0.2) is 5.69 Å². The molecular formula is C9H11N3O. The Labute approximate surface area is 76.6 Å². The Morgan fingerprint density at radius 2 is 2.38 bits per heavy atom. The molecule has 68 valence electrons. The molecule has 0 fully saturated rings. The number of hydrogen-bond donors (Lipinski definition) is 2. The summed E-state index contributed by atoms with van der Waals surface area (Å²) < 4.78 is 0. The molecule has 0 bridgehead atoms. The number of nitrogens with two attached hydrogens (primary N) is 1. The summed E-state index contributed by atoms with van der Waals surface area (Å²) >= 11 is 0. The molecule has 0 aliphatic heterocycles. The average molecular weight is 177 g/mol. The van der Waals surface area contributed by atoms with Gasteiger partial charge in [0.25, 0.3) is 5.91 Å². The van der Waals surface area contributed by atoms with E-state index in [-0.39, 0.29) is 11.6 Å². The number of imidazole rings is 1. The average Bonchev–Trinajstić information content (AvgIpc) is 2.47. The molecule has 0 radical (unpaired) electrons. The third-order valence-corrected chi connectivity index (χ3v) is 1.36. The molecule has 1 aromatic rings. The van der Waals surface area contributed by atoms with Crippen molar-refractivity contribution in [3.8, 4) is 11.8 Å². The maximum Gasteiger partial charge on any atom is 0.270 e. The molecule has 4 nitrogen and oxygen atoms in total. The van der Waals surface area contributed by atoms with Gasteiger partial charge in [-0.25, -0.2) is 4.98 Å². The topological polar surface area (TPSA) is 71.8 Å². The standard InChI is InChI=1S/C9H11N3O/c1-6(2)3-4-7-8(9(10)13)12-5-11-7/h5-6H,1-2H3,(H2,10,13)(H,11,12). The van der Waals surface area contributed by atoms with E-state index in [9.17, 15) is 4.79 Å². The number of nitrogens with one attached hydrogen (secondary N) is 1. The maximum absolute atomic E-state index is 10.8. The fourth-order valence-electron chi connectivity index (χ4n) is 0.793. The van der Waals surface area contributed by atoms with Crippen LogP contribution in [-0.2, 0) is 0 Å². The van der Waals surface area contributed by atoms with Gasteiger partial charge in [-0.15, -0.1) is 0 Å². The molecule has 1 aromatic heterocycles. The summed E-state index contributed by atoms with van der Waals surface area (Å²) in [5.74, 6) is 5.41. The van der Waals surface area contributed by atoms with E-state index in [0.717, 1.165) is 0 Å². The fourth-order valence-corrected chi connectivity index (χ4v) is 0.793. The first-order valence-electron chi connectivity index (χ1n) is 3.96. The first-order valence-corrected chi connectivity index (χ1v) is 3.96. The molecule has 1 rings (SSSR count). The highest BCUT2D eigenvalue weighted by Gasteiger charge is 2.08. The van der Waals surface area contributed by atoms with E-state index in [1.54, 1.807) is 0 Å². The van der Waals surface area contributed by atoms with Gasteiger partial charge in [0, 0.05) is 5.92 Å². The first-order chi connectivity index (χ1) is 6.11. The Morgan fingerprint density at radius 3 is 2.92 bits per heavy atom. The second-order valence-corrected chi connectivity index (χ2v) is 2.91. The van der Waals surface area contributed by atoms with Crippen LogP contribution >= 0.6 is 0 Å². The van der Waals surface area contributed by atoms with Gasteiger partial charge in [-0.05, 0) is 5.92 Å². The lowest BCUT2D eigenvalue weighted by atomic mass is 10.2. The molecule has 0 atom stereocenters. The molecule has 4 heteroatoms. The molecule has 3 N–H and O–H groups in total. The summed E-state index contributed by atoms with van der Waals surface area (Å²) in [6.07, 6.45) is 1.41. The van der Waals surface area contributed by atoms with E-state index in [1.165, 1.54) is 6.33 Å². The number of hydrogen-bond acceptors (Lipinski definition) is 2. The van der Waals surface area contributed by atoms with Gasteiger partial charge in [-0.1, -0.05) is 19.8 Å². The number of carbonyl (C=O) groups excluding carboxylic acids is 1. The van der Waals surface area contributed by atoms with Crippen molar-refractivity contribution in [1.82, 2.24) is 9.97 Å². The van der Waals surface area contributed by atoms with Crippen LogP contribution in [0.5, 0.6) is 0 Å². The number of amides is 1. The molecule has 13 heavy (non-hydrogen) atoms. The second kappa shape index (κ2) is 3.76. The Kier molecular flexibility index (Phi) is 2.70. The normalized spacial score (nSPS) is 9.46. The van der Waals surface area contributed by atoms with Crippen LogP contribution in [-0.4, -0.2) is 15.9 Å². The Balaban J connectivity index is 2.97. The van der Waals surface area contributed by atoms with Gasteiger partial charge in [-0.2, -0.15) is 0 Å². The molecule has 0 aliphatic rings. The van der Waals surface area contributed by atoms with Crippen LogP contribution in [0.3, 0.4) is 0 Å². The molecule has 0 aliphatic carbocycles. The van der Waals surface area contributed by atoms with Gasteiger partial charge in [-0.3, -0.25) is 4.79 Å². The van der Waals surface area contributed by atoms with Crippen molar-refractivity contribution in [2.75, 3.05) is 0 Å². The molecule has 0 saturated carbocycles. The van der Waals surface area contributed by atoms with E-state index >= 15 is 0 Å². The summed E-state index contributed by atoms with van der Waals surface area (Å²) in [5, 5.41) is 0. The van der Waals surface area contributed by atoms with Crippen molar-refractivity contribution in [3.05, 3.63) is 17.7 Å². The van der Waals surface area contributed by atoms with E-state index in [2.05, 4.69) is 21.8 Å². The first kappa shape index (κ1) is 9.33. The molecule has 1 heterocycles. The molecule has 0 aromatic carbocycles. The number of aromatic amines is 1. The van der Waals surface area contributed by atoms with E-state index in [4.69, 9.17) is 5.73 Å². The zero-order valence-electron chi connectivity index (χ0n) is 7.59. The number of H-pyrrole nitrogens is 1. The van der Waals surface area contributed by atoms with Gasteiger partial charge in [0.1, 0.15) is 5.69 Å². The van der Waals surface area contributed by atoms with Crippen LogP contribution in [0.2, 0.25) is 0 Å². The Morgan fingerprint density at radius 1 is 1.69 bits per heavy atom. The molecule has 0 spiro atoms. The number of carbonyl (C=O) groups is 1. The highest BCUT2D eigenvalue weighted by Crippen LogP contribution is 1.99. The van der Waals surface area contributed by atoms with Gasteiger partial charge in [0.05, 0.1) is 6.33 Å². The lowest BCUT2D eigenvalue weighted by Crippen LogP contribution is -2.13. The lowest BCUT2D eigenvalue weighted by molar-refractivity contribution is 0.0996. The molecule has 1 amide bonds. The van der Waals surface area contributed by atoms with Crippen LogP contribution < -0.4 is 5.73 Å². The third-order valence-electron chi connectivity index (χ3n) is 1.36. The minimum Gasteiger partial charge on any atom is -0.364 e. The minimum atomic E-state index is -0.561. The zero-order valence-corrected chi connectivity index (χ0v) is 7.59. The monoisotopic (exact) mass is 177 g/mol. The van der Waals surface area contributed by atoms with Crippen LogP contribution in [0.1, 0.15) is 30.0 Å². The minimum absolute atomic E-state index is 0.202. The SMILES string of the molecule is CC(C)C#Cc1[nH]cnc1C(N)=O. The number of nitrogens with zero attached hydrogens (tertiary/aromatic N) is 1. The summed E-state index contributed by atoms with van der Waals surface area (Å²) in [6, 6.07) is 0. The fraction of sp³-hybridized carbons (Fsp3) is 0.333. The number of rotatable bonds is 1. The zero-order chi connectivity index (χ0) is 9.84. The highest BCUT2D eigenvalue weighted by molar-refractivity contribution is 5.92. The number of aromatic nitrogens is 2. The Bertz CT molecular complexity index is 368. The summed E-state index contributed by atoms with van der Waals surface area (Å²) in [7, 11) is 0. The van der Waals surface area contributed by atoms with Crippen molar-refractivity contribution in [1.29, 1.82) is 0 Å². The van der Waals surface area contributed by atoms with Crippen molar-refractivity contribution in [2.24, 2.45) is 11.7 Å². The van der Waals surface area contributed by atoms with Crippen LogP contribution in [0, 0.1) is 17.8 Å². The van der Waals surface area contributed by atoms with Crippen molar-refractivity contribution in [3.63, 3.8) is 0 Å². The summed E-state index contributed by atoms with van der Waals surface area (Å²) in [5.41, 5.74) is 5.77. The predicted octanol–water partition coefficient (Wildman–Crippen LogP) is 0.516.